The van der Waals surface area contributed by atoms with Gasteiger partial charge in [-0.25, -0.2) is 0 Å². The molecule has 2 aromatic carbocycles. The summed E-state index contributed by atoms with van der Waals surface area (Å²) in [6.45, 7) is -0.0125. The van der Waals surface area contributed by atoms with E-state index >= 15 is 0 Å². The highest BCUT2D eigenvalue weighted by Gasteiger charge is 2.07. The van der Waals surface area contributed by atoms with Crippen molar-refractivity contribution in [1.29, 1.82) is 0 Å². The van der Waals surface area contributed by atoms with Crippen molar-refractivity contribution in [2.45, 2.75) is 0 Å². The maximum atomic E-state index is 12.1. The molecule has 0 spiro atoms. The molecular formula is C17H17IN2O3. The predicted octanol–water partition coefficient (Wildman–Crippen LogP) is 3.01. The van der Waals surface area contributed by atoms with E-state index in [-0.39, 0.29) is 18.4 Å². The van der Waals surface area contributed by atoms with Gasteiger partial charge in [-0.1, -0.05) is 0 Å². The Morgan fingerprint density at radius 2 is 1.65 bits per heavy atom. The van der Waals surface area contributed by atoms with Gasteiger partial charge in [0.25, 0.3) is 11.8 Å². The zero-order chi connectivity index (χ0) is 16.8. The standard InChI is InChI=1S/C17H17IN2O3/c1-20(2)16(21)11-23-15-9-7-14(8-10-15)19-17(22)12-3-5-13(18)6-4-12/h3-10H,11H2,1-2H3,(H,19,22). The second-order valence-electron chi connectivity index (χ2n) is 5.06. The quantitative estimate of drug-likeness (QED) is 0.751. The van der Waals surface area contributed by atoms with Crippen molar-refractivity contribution in [3.05, 3.63) is 57.7 Å². The fourth-order valence-electron chi connectivity index (χ4n) is 1.71. The van der Waals surface area contributed by atoms with Crippen molar-refractivity contribution in [1.82, 2.24) is 4.90 Å². The molecule has 0 atom stereocenters. The molecule has 0 aliphatic heterocycles. The molecule has 0 heterocycles. The van der Waals surface area contributed by atoms with Crippen LogP contribution >= 0.6 is 22.6 Å². The Labute approximate surface area is 148 Å². The summed E-state index contributed by atoms with van der Waals surface area (Å²) in [6.07, 6.45) is 0. The fourth-order valence-corrected chi connectivity index (χ4v) is 2.07. The molecule has 0 fully saturated rings. The third-order valence-corrected chi connectivity index (χ3v) is 3.80. The number of amides is 2. The summed E-state index contributed by atoms with van der Waals surface area (Å²) in [5, 5.41) is 2.82. The molecule has 23 heavy (non-hydrogen) atoms. The molecule has 0 unspecified atom stereocenters. The number of benzene rings is 2. The van der Waals surface area contributed by atoms with E-state index in [0.717, 1.165) is 3.57 Å². The normalized spacial score (nSPS) is 10.0. The first kappa shape index (κ1) is 17.3. The van der Waals surface area contributed by atoms with Crippen LogP contribution < -0.4 is 10.1 Å². The van der Waals surface area contributed by atoms with E-state index in [1.807, 2.05) is 12.1 Å². The number of nitrogens with zero attached hydrogens (tertiary/aromatic N) is 1. The molecule has 6 heteroatoms. The molecule has 0 saturated carbocycles. The third-order valence-electron chi connectivity index (χ3n) is 3.08. The molecular weight excluding hydrogens is 407 g/mol. The Morgan fingerprint density at radius 3 is 2.22 bits per heavy atom. The second-order valence-corrected chi connectivity index (χ2v) is 6.31. The van der Waals surface area contributed by atoms with Gasteiger partial charge < -0.3 is 15.0 Å². The molecule has 0 radical (unpaired) electrons. The summed E-state index contributed by atoms with van der Waals surface area (Å²) in [5.41, 5.74) is 1.27. The van der Waals surface area contributed by atoms with Crippen molar-refractivity contribution in [2.75, 3.05) is 26.0 Å². The monoisotopic (exact) mass is 424 g/mol. The zero-order valence-corrected chi connectivity index (χ0v) is 15.0. The number of hydrogen-bond donors (Lipinski definition) is 1. The molecule has 0 saturated heterocycles. The number of anilines is 1. The number of likely N-dealkylation sites (N-methyl/N-ethyl adjacent to an activating group) is 1. The highest BCUT2D eigenvalue weighted by atomic mass is 127. The Bertz CT molecular complexity index is 682. The molecule has 0 aliphatic rings. The van der Waals surface area contributed by atoms with Crippen LogP contribution in [-0.2, 0) is 4.79 Å². The molecule has 2 rings (SSSR count). The Balaban J connectivity index is 1.93. The molecule has 0 aromatic heterocycles. The zero-order valence-electron chi connectivity index (χ0n) is 12.9. The maximum Gasteiger partial charge on any atom is 0.259 e. The average molecular weight is 424 g/mol. The third kappa shape index (κ3) is 5.24. The maximum absolute atomic E-state index is 12.1. The predicted molar refractivity (Wildman–Crippen MR) is 97.7 cm³/mol. The van der Waals surface area contributed by atoms with Gasteiger partial charge in [-0.05, 0) is 71.1 Å². The first-order valence-electron chi connectivity index (χ1n) is 6.95. The minimum absolute atomic E-state index is 0.0125. The Hall–Kier alpha value is -2.09. The van der Waals surface area contributed by atoms with Gasteiger partial charge in [0.05, 0.1) is 0 Å². The van der Waals surface area contributed by atoms with E-state index in [2.05, 4.69) is 27.9 Å². The van der Waals surface area contributed by atoms with E-state index in [9.17, 15) is 9.59 Å². The molecule has 5 nitrogen and oxygen atoms in total. The highest BCUT2D eigenvalue weighted by molar-refractivity contribution is 14.1. The van der Waals surface area contributed by atoms with Crippen LogP contribution in [0.25, 0.3) is 0 Å². The Morgan fingerprint density at radius 1 is 1.04 bits per heavy atom. The second kappa shape index (κ2) is 7.96. The van der Waals surface area contributed by atoms with Crippen LogP contribution in [-0.4, -0.2) is 37.4 Å². The van der Waals surface area contributed by atoms with E-state index in [4.69, 9.17) is 4.74 Å². The van der Waals surface area contributed by atoms with Gasteiger partial charge in [-0.15, -0.1) is 0 Å². The molecule has 0 aliphatic carbocycles. The minimum atomic E-state index is -0.169. The summed E-state index contributed by atoms with van der Waals surface area (Å²) in [5.74, 6) is 0.298. The molecule has 2 aromatic rings. The number of nitrogens with one attached hydrogen (secondary N) is 1. The smallest absolute Gasteiger partial charge is 0.259 e. The van der Waals surface area contributed by atoms with E-state index in [1.165, 1.54) is 4.90 Å². The van der Waals surface area contributed by atoms with Crippen molar-refractivity contribution in [3.8, 4) is 5.75 Å². The largest absolute Gasteiger partial charge is 0.484 e. The number of halogens is 1. The van der Waals surface area contributed by atoms with Crippen molar-refractivity contribution in [3.63, 3.8) is 0 Å². The summed E-state index contributed by atoms with van der Waals surface area (Å²) in [6, 6.07) is 14.2. The highest BCUT2D eigenvalue weighted by Crippen LogP contribution is 2.17. The summed E-state index contributed by atoms with van der Waals surface area (Å²) < 4.78 is 6.46. The first-order valence-corrected chi connectivity index (χ1v) is 8.03. The van der Waals surface area contributed by atoms with Gasteiger partial charge in [-0.3, -0.25) is 9.59 Å². The molecule has 2 amide bonds. The van der Waals surface area contributed by atoms with Crippen molar-refractivity contribution >= 4 is 40.1 Å². The SMILES string of the molecule is CN(C)C(=O)COc1ccc(NC(=O)c2ccc(I)cc2)cc1. The number of ether oxygens (including phenoxy) is 1. The van der Waals surface area contributed by atoms with E-state index < -0.39 is 0 Å². The van der Waals surface area contributed by atoms with Gasteiger partial charge in [0.15, 0.2) is 6.61 Å². The number of carbonyl (C=O) groups excluding carboxylic acids is 2. The van der Waals surface area contributed by atoms with Crippen LogP contribution in [0.5, 0.6) is 5.75 Å². The van der Waals surface area contributed by atoms with Gasteiger partial charge in [0.2, 0.25) is 0 Å². The van der Waals surface area contributed by atoms with Crippen LogP contribution in [0, 0.1) is 3.57 Å². The lowest BCUT2D eigenvalue weighted by atomic mass is 10.2. The number of carbonyl (C=O) groups is 2. The van der Waals surface area contributed by atoms with Gasteiger partial charge in [0.1, 0.15) is 5.75 Å². The van der Waals surface area contributed by atoms with E-state index in [1.54, 1.807) is 50.5 Å². The van der Waals surface area contributed by atoms with Crippen LogP contribution in [0.4, 0.5) is 5.69 Å². The lowest BCUT2D eigenvalue weighted by Gasteiger charge is -2.11. The fraction of sp³-hybridized carbons (Fsp3) is 0.176. The van der Waals surface area contributed by atoms with Gasteiger partial charge >= 0.3 is 0 Å². The topological polar surface area (TPSA) is 58.6 Å². The first-order chi connectivity index (χ1) is 11.0. The average Bonchev–Trinajstić information content (AvgIpc) is 2.54. The van der Waals surface area contributed by atoms with E-state index in [0.29, 0.717) is 17.0 Å². The van der Waals surface area contributed by atoms with Crippen LogP contribution in [0.15, 0.2) is 48.5 Å². The van der Waals surface area contributed by atoms with Crippen molar-refractivity contribution < 1.29 is 14.3 Å². The number of rotatable bonds is 5. The Kier molecular flexibility index (Phi) is 5.97. The molecule has 0 bridgehead atoms. The lowest BCUT2D eigenvalue weighted by Crippen LogP contribution is -2.27. The van der Waals surface area contributed by atoms with Gasteiger partial charge in [0, 0.05) is 28.9 Å². The summed E-state index contributed by atoms with van der Waals surface area (Å²) in [4.78, 5) is 25.0. The minimum Gasteiger partial charge on any atom is -0.484 e. The van der Waals surface area contributed by atoms with Crippen molar-refractivity contribution in [2.24, 2.45) is 0 Å². The van der Waals surface area contributed by atoms with Crippen LogP contribution in [0.2, 0.25) is 0 Å². The number of hydrogen-bond acceptors (Lipinski definition) is 3. The van der Waals surface area contributed by atoms with Crippen LogP contribution in [0.3, 0.4) is 0 Å². The van der Waals surface area contributed by atoms with Crippen LogP contribution in [0.1, 0.15) is 10.4 Å². The molecule has 1 N–H and O–H groups in total. The van der Waals surface area contributed by atoms with Gasteiger partial charge in [-0.2, -0.15) is 0 Å². The molecule has 120 valence electrons. The summed E-state index contributed by atoms with van der Waals surface area (Å²) >= 11 is 2.19. The summed E-state index contributed by atoms with van der Waals surface area (Å²) in [7, 11) is 3.35. The lowest BCUT2D eigenvalue weighted by molar-refractivity contribution is -0.130.